The summed E-state index contributed by atoms with van der Waals surface area (Å²) >= 11 is 11.5. The number of halogens is 2. The number of imidazole rings is 2. The second-order valence-corrected chi connectivity index (χ2v) is 4.73. The highest BCUT2D eigenvalue weighted by atomic mass is 35.5. The highest BCUT2D eigenvalue weighted by Gasteiger charge is 2.11. The van der Waals surface area contributed by atoms with E-state index in [4.69, 9.17) is 23.2 Å². The first kappa shape index (κ1) is 13.4. The van der Waals surface area contributed by atoms with Gasteiger partial charge >= 0.3 is 0 Å². The van der Waals surface area contributed by atoms with Crippen molar-refractivity contribution in [3.63, 3.8) is 0 Å². The minimum atomic E-state index is 0.651. The predicted molar refractivity (Wildman–Crippen MR) is 74.1 cm³/mol. The molecule has 0 aliphatic heterocycles. The molecule has 0 saturated carbocycles. The van der Waals surface area contributed by atoms with Crippen LogP contribution in [-0.4, -0.2) is 30.9 Å². The molecule has 98 valence electrons. The van der Waals surface area contributed by atoms with E-state index in [0.717, 1.165) is 37.6 Å². The van der Waals surface area contributed by atoms with Crippen LogP contribution in [-0.2, 0) is 13.1 Å². The Kier molecular flexibility index (Phi) is 5.08. The van der Waals surface area contributed by atoms with Crippen molar-refractivity contribution in [2.24, 2.45) is 0 Å². The van der Waals surface area contributed by atoms with Crippen LogP contribution in [0, 0.1) is 0 Å². The number of rotatable bonds is 7. The summed E-state index contributed by atoms with van der Waals surface area (Å²) < 4.78 is 4.17. The van der Waals surface area contributed by atoms with E-state index < -0.39 is 0 Å². The molecule has 4 nitrogen and oxygen atoms in total. The SMILES string of the molecule is ClCCCn1ccnc1-c1nccn1CCCCl. The molecule has 0 saturated heterocycles. The molecule has 0 fully saturated rings. The molecule has 0 aliphatic rings. The van der Waals surface area contributed by atoms with E-state index in [-0.39, 0.29) is 0 Å². The van der Waals surface area contributed by atoms with Crippen LogP contribution in [0.25, 0.3) is 11.6 Å². The van der Waals surface area contributed by atoms with Gasteiger partial charge in [0, 0.05) is 49.6 Å². The molecule has 0 bridgehead atoms. The Labute approximate surface area is 117 Å². The Balaban J connectivity index is 2.20. The first-order valence-corrected chi connectivity index (χ1v) is 7.08. The van der Waals surface area contributed by atoms with Gasteiger partial charge in [0.2, 0.25) is 0 Å². The quantitative estimate of drug-likeness (QED) is 0.734. The summed E-state index contributed by atoms with van der Waals surface area (Å²) in [6, 6.07) is 0. The highest BCUT2D eigenvalue weighted by molar-refractivity contribution is 6.18. The first-order chi connectivity index (χ1) is 8.86. The fourth-order valence-corrected chi connectivity index (χ4v) is 2.09. The molecule has 0 aliphatic carbocycles. The van der Waals surface area contributed by atoms with Crippen LogP contribution in [0.4, 0.5) is 0 Å². The smallest absolute Gasteiger partial charge is 0.176 e. The van der Waals surface area contributed by atoms with Gasteiger partial charge in [0.15, 0.2) is 11.6 Å². The van der Waals surface area contributed by atoms with Crippen molar-refractivity contribution in [3.05, 3.63) is 24.8 Å². The van der Waals surface area contributed by atoms with E-state index in [0.29, 0.717) is 11.8 Å². The van der Waals surface area contributed by atoms with Crippen LogP contribution in [0.15, 0.2) is 24.8 Å². The third-order valence-corrected chi connectivity index (χ3v) is 3.23. The number of hydrogen-bond acceptors (Lipinski definition) is 2. The normalized spacial score (nSPS) is 11.0. The largest absolute Gasteiger partial charge is 0.328 e. The van der Waals surface area contributed by atoms with Gasteiger partial charge in [-0.15, -0.1) is 23.2 Å². The van der Waals surface area contributed by atoms with Crippen LogP contribution in [0.2, 0.25) is 0 Å². The van der Waals surface area contributed by atoms with Crippen molar-refractivity contribution in [3.8, 4) is 11.6 Å². The lowest BCUT2D eigenvalue weighted by atomic mass is 10.4. The van der Waals surface area contributed by atoms with E-state index in [9.17, 15) is 0 Å². The maximum Gasteiger partial charge on any atom is 0.176 e. The van der Waals surface area contributed by atoms with Gasteiger partial charge in [-0.1, -0.05) is 0 Å². The lowest BCUT2D eigenvalue weighted by molar-refractivity contribution is 0.657. The average Bonchev–Trinajstić information content (AvgIpc) is 3.01. The summed E-state index contributed by atoms with van der Waals surface area (Å²) in [6.45, 7) is 1.72. The van der Waals surface area contributed by atoms with E-state index in [2.05, 4.69) is 19.1 Å². The van der Waals surface area contributed by atoms with Crippen molar-refractivity contribution in [2.75, 3.05) is 11.8 Å². The monoisotopic (exact) mass is 286 g/mol. The molecule has 0 amide bonds. The second kappa shape index (κ2) is 6.81. The van der Waals surface area contributed by atoms with E-state index >= 15 is 0 Å². The van der Waals surface area contributed by atoms with Gasteiger partial charge in [-0.25, -0.2) is 9.97 Å². The van der Waals surface area contributed by atoms with Gasteiger partial charge in [0.05, 0.1) is 0 Å². The molecular formula is C12H16Cl2N4. The minimum absolute atomic E-state index is 0.651. The van der Waals surface area contributed by atoms with Crippen LogP contribution in [0.1, 0.15) is 12.8 Å². The maximum atomic E-state index is 5.73. The van der Waals surface area contributed by atoms with Crippen LogP contribution in [0.5, 0.6) is 0 Å². The van der Waals surface area contributed by atoms with E-state index in [1.54, 1.807) is 12.4 Å². The van der Waals surface area contributed by atoms with Crippen molar-refractivity contribution < 1.29 is 0 Å². The highest BCUT2D eigenvalue weighted by Crippen LogP contribution is 2.16. The van der Waals surface area contributed by atoms with Gasteiger partial charge in [-0.2, -0.15) is 0 Å². The summed E-state index contributed by atoms with van der Waals surface area (Å²) in [5, 5.41) is 0. The molecule has 2 rings (SSSR count). The van der Waals surface area contributed by atoms with Crippen LogP contribution in [0.3, 0.4) is 0 Å². The third kappa shape index (κ3) is 3.06. The number of aryl methyl sites for hydroxylation is 2. The Morgan fingerprint density at radius 3 is 1.67 bits per heavy atom. The summed E-state index contributed by atoms with van der Waals surface area (Å²) in [5.41, 5.74) is 0. The third-order valence-electron chi connectivity index (χ3n) is 2.70. The molecule has 0 atom stereocenters. The molecule has 0 unspecified atom stereocenters. The molecule has 2 aromatic rings. The summed E-state index contributed by atoms with van der Waals surface area (Å²) in [4.78, 5) is 8.77. The summed E-state index contributed by atoms with van der Waals surface area (Å²) in [5.74, 6) is 3.08. The first-order valence-electron chi connectivity index (χ1n) is 6.01. The Morgan fingerprint density at radius 1 is 0.833 bits per heavy atom. The molecule has 0 radical (unpaired) electrons. The van der Waals surface area contributed by atoms with E-state index in [1.807, 2.05) is 12.4 Å². The molecule has 6 heteroatoms. The van der Waals surface area contributed by atoms with Gasteiger partial charge < -0.3 is 9.13 Å². The average molecular weight is 287 g/mol. The molecule has 18 heavy (non-hydrogen) atoms. The second-order valence-electron chi connectivity index (χ2n) is 3.97. The number of nitrogens with zero attached hydrogens (tertiary/aromatic N) is 4. The van der Waals surface area contributed by atoms with Crippen molar-refractivity contribution in [1.82, 2.24) is 19.1 Å². The van der Waals surface area contributed by atoms with Crippen molar-refractivity contribution in [1.29, 1.82) is 0 Å². The zero-order valence-electron chi connectivity index (χ0n) is 10.1. The van der Waals surface area contributed by atoms with Crippen LogP contribution >= 0.6 is 23.2 Å². The molecule has 2 heterocycles. The molecule has 2 aromatic heterocycles. The van der Waals surface area contributed by atoms with Crippen LogP contribution < -0.4 is 0 Å². The maximum absolute atomic E-state index is 5.73. The zero-order chi connectivity index (χ0) is 12.8. The summed E-state index contributed by atoms with van der Waals surface area (Å²) in [7, 11) is 0. The fraction of sp³-hybridized carbons (Fsp3) is 0.500. The number of hydrogen-bond donors (Lipinski definition) is 0. The predicted octanol–water partition coefficient (Wildman–Crippen LogP) is 3.00. The Hall–Kier alpha value is -1.00. The topological polar surface area (TPSA) is 35.6 Å². The van der Waals surface area contributed by atoms with Gasteiger partial charge in [0.1, 0.15) is 0 Å². The van der Waals surface area contributed by atoms with Gasteiger partial charge in [-0.3, -0.25) is 0 Å². The van der Waals surface area contributed by atoms with Gasteiger partial charge in [0.25, 0.3) is 0 Å². The lowest BCUT2D eigenvalue weighted by Crippen LogP contribution is -2.06. The van der Waals surface area contributed by atoms with Crippen molar-refractivity contribution in [2.45, 2.75) is 25.9 Å². The molecule has 0 aromatic carbocycles. The van der Waals surface area contributed by atoms with Crippen molar-refractivity contribution >= 4 is 23.2 Å². The minimum Gasteiger partial charge on any atom is -0.328 e. The number of alkyl halides is 2. The lowest BCUT2D eigenvalue weighted by Gasteiger charge is -2.09. The fourth-order valence-electron chi connectivity index (χ4n) is 1.85. The van der Waals surface area contributed by atoms with Gasteiger partial charge in [-0.05, 0) is 12.8 Å². The summed E-state index contributed by atoms with van der Waals surface area (Å²) in [6.07, 6.45) is 9.36. The molecule has 0 spiro atoms. The molecule has 0 N–H and O–H groups in total. The number of aromatic nitrogens is 4. The molecular weight excluding hydrogens is 271 g/mol. The Morgan fingerprint density at radius 2 is 1.28 bits per heavy atom. The standard InChI is InChI=1S/C12H16Cl2N4/c13-3-1-7-17-9-5-15-11(17)12-16-6-10-18(12)8-2-4-14/h5-6,9-10H,1-4,7-8H2. The van der Waals surface area contributed by atoms with E-state index in [1.165, 1.54) is 0 Å². The Bertz CT molecular complexity index is 434. The zero-order valence-corrected chi connectivity index (χ0v) is 11.6.